The third-order valence-electron chi connectivity index (χ3n) is 10.7. The molecule has 6 rings (SSSR count). The van der Waals surface area contributed by atoms with Crippen LogP contribution >= 0.6 is 0 Å². The number of nitrogens with one attached hydrogen (secondary N) is 3. The third kappa shape index (κ3) is 6.85. The molecule has 4 fully saturated rings. The van der Waals surface area contributed by atoms with E-state index in [0.29, 0.717) is 34.7 Å². The molecule has 254 valence electrons. The van der Waals surface area contributed by atoms with Gasteiger partial charge >= 0.3 is 18.0 Å². The van der Waals surface area contributed by atoms with Crippen LogP contribution in [-0.4, -0.2) is 87.8 Å². The molecule has 1 aliphatic heterocycles. The molecule has 0 aromatic heterocycles. The molecular formula is C35H42N6O7. The molecule has 2 bridgehead atoms. The van der Waals surface area contributed by atoms with Crippen LogP contribution in [0.1, 0.15) is 49.7 Å². The van der Waals surface area contributed by atoms with E-state index in [1.807, 2.05) is 25.1 Å². The van der Waals surface area contributed by atoms with Gasteiger partial charge in [-0.15, -0.1) is 0 Å². The minimum atomic E-state index is -1.27. The summed E-state index contributed by atoms with van der Waals surface area (Å²) in [6.45, 7) is 1.14. The van der Waals surface area contributed by atoms with E-state index in [2.05, 4.69) is 16.0 Å². The number of nitrogens with zero attached hydrogens (tertiary/aromatic N) is 3. The van der Waals surface area contributed by atoms with E-state index in [9.17, 15) is 33.9 Å². The first kappa shape index (κ1) is 33.0. The summed E-state index contributed by atoms with van der Waals surface area (Å²) in [7, 11) is 1.34. The van der Waals surface area contributed by atoms with Crippen LogP contribution in [-0.2, 0) is 25.7 Å². The number of aliphatic carboxylic acids is 1. The van der Waals surface area contributed by atoms with E-state index in [0.717, 1.165) is 47.0 Å². The van der Waals surface area contributed by atoms with Crippen LogP contribution in [0.2, 0.25) is 0 Å². The van der Waals surface area contributed by atoms with Crippen LogP contribution in [0.3, 0.4) is 0 Å². The first-order valence-corrected chi connectivity index (χ1v) is 16.6. The van der Waals surface area contributed by atoms with Crippen molar-refractivity contribution in [3.05, 3.63) is 59.7 Å². The molecule has 4 aliphatic rings. The SMILES string of the molecule is Cc1ccccc1NC(=O)Nc1ccc(CN2CC(=O)N(CC(=O)N(C)[C@@H](CC(=O)O)C(=O)NC3C4CCCC5CC3C5C4)C2=O)cc1. The topological polar surface area (TPSA) is 168 Å². The maximum absolute atomic E-state index is 13.5. The number of carbonyl (C=O) groups excluding carboxylic acids is 5. The van der Waals surface area contributed by atoms with Crippen LogP contribution in [0.25, 0.3) is 0 Å². The van der Waals surface area contributed by atoms with E-state index in [1.165, 1.54) is 18.4 Å². The number of benzene rings is 2. The third-order valence-corrected chi connectivity index (χ3v) is 10.7. The summed E-state index contributed by atoms with van der Waals surface area (Å²) in [5.41, 5.74) is 2.85. The second-order valence-electron chi connectivity index (χ2n) is 13.6. The number of amides is 7. The Bertz CT molecular complexity index is 1610. The van der Waals surface area contributed by atoms with Gasteiger partial charge in [-0.05, 0) is 79.2 Å². The summed E-state index contributed by atoms with van der Waals surface area (Å²) in [6.07, 6.45) is 4.98. The van der Waals surface area contributed by atoms with E-state index in [4.69, 9.17) is 0 Å². The van der Waals surface area contributed by atoms with Crippen molar-refractivity contribution in [1.82, 2.24) is 20.0 Å². The van der Waals surface area contributed by atoms with Gasteiger partial charge in [-0.1, -0.05) is 43.2 Å². The fourth-order valence-electron chi connectivity index (χ4n) is 8.01. The summed E-state index contributed by atoms with van der Waals surface area (Å²) < 4.78 is 0. The predicted octanol–water partition coefficient (Wildman–Crippen LogP) is 3.65. The molecule has 3 aliphatic carbocycles. The molecule has 48 heavy (non-hydrogen) atoms. The number of imide groups is 1. The van der Waals surface area contributed by atoms with Gasteiger partial charge in [-0.25, -0.2) is 9.59 Å². The van der Waals surface area contributed by atoms with Crippen LogP contribution in [0, 0.1) is 30.6 Å². The first-order chi connectivity index (χ1) is 23.0. The normalized spacial score (nSPS) is 24.8. The number of para-hydroxylation sites is 1. The highest BCUT2D eigenvalue weighted by Crippen LogP contribution is 2.58. The molecule has 1 heterocycles. The van der Waals surface area contributed by atoms with E-state index < -0.39 is 54.8 Å². The molecule has 5 unspecified atom stereocenters. The van der Waals surface area contributed by atoms with Crippen LogP contribution in [0.4, 0.5) is 21.0 Å². The van der Waals surface area contributed by atoms with Gasteiger partial charge in [0.1, 0.15) is 19.1 Å². The highest BCUT2D eigenvalue weighted by molar-refractivity contribution is 6.05. The summed E-state index contributed by atoms with van der Waals surface area (Å²) in [5.74, 6) is -0.920. The number of hydrogen-bond acceptors (Lipinski definition) is 6. The zero-order chi connectivity index (χ0) is 34.1. The quantitative estimate of drug-likeness (QED) is 0.267. The lowest BCUT2D eigenvalue weighted by atomic mass is 9.63. The number of carbonyl (C=O) groups is 6. The lowest BCUT2D eigenvalue weighted by Gasteiger charge is -2.44. The zero-order valence-corrected chi connectivity index (χ0v) is 27.2. The number of urea groups is 2. The Morgan fingerprint density at radius 1 is 0.958 bits per heavy atom. The molecule has 2 aromatic rings. The molecule has 4 N–H and O–H groups in total. The van der Waals surface area contributed by atoms with Crippen molar-refractivity contribution in [2.75, 3.05) is 30.8 Å². The number of hydrogen-bond donors (Lipinski definition) is 4. The Labute approximate surface area is 279 Å². The molecular weight excluding hydrogens is 616 g/mol. The van der Waals surface area contributed by atoms with Crippen molar-refractivity contribution in [3.63, 3.8) is 0 Å². The number of likely N-dealkylation sites (N-methyl/N-ethyl adjacent to an activating group) is 1. The van der Waals surface area contributed by atoms with Gasteiger partial charge in [0.2, 0.25) is 11.8 Å². The first-order valence-electron chi connectivity index (χ1n) is 16.6. The zero-order valence-electron chi connectivity index (χ0n) is 27.2. The number of carboxylic acids is 1. The molecule has 2 aromatic carbocycles. The fraction of sp³-hybridized carbons (Fsp3) is 0.486. The summed E-state index contributed by atoms with van der Waals surface area (Å²) in [6, 6.07) is 11.9. The van der Waals surface area contributed by atoms with Gasteiger partial charge in [-0.2, -0.15) is 0 Å². The molecule has 3 saturated carbocycles. The van der Waals surface area contributed by atoms with Crippen LogP contribution in [0.5, 0.6) is 0 Å². The summed E-state index contributed by atoms with van der Waals surface area (Å²) >= 11 is 0. The molecule has 1 saturated heterocycles. The molecule has 13 heteroatoms. The van der Waals surface area contributed by atoms with E-state index >= 15 is 0 Å². The van der Waals surface area contributed by atoms with Crippen molar-refractivity contribution < 1.29 is 33.9 Å². The molecule has 0 radical (unpaired) electrons. The molecule has 13 nitrogen and oxygen atoms in total. The van der Waals surface area contributed by atoms with Gasteiger partial charge in [0.05, 0.1) is 6.42 Å². The molecule has 6 atom stereocenters. The molecule has 7 amide bonds. The summed E-state index contributed by atoms with van der Waals surface area (Å²) in [5, 5.41) is 18.2. The lowest BCUT2D eigenvalue weighted by molar-refractivity contribution is -0.147. The molecule has 0 spiro atoms. The van der Waals surface area contributed by atoms with Crippen LogP contribution in [0.15, 0.2) is 48.5 Å². The second kappa shape index (κ2) is 13.7. The minimum absolute atomic E-state index is 0.0188. The lowest BCUT2D eigenvalue weighted by Crippen LogP contribution is -2.56. The Kier molecular flexibility index (Phi) is 9.38. The Morgan fingerprint density at radius 3 is 2.40 bits per heavy atom. The van der Waals surface area contributed by atoms with E-state index in [-0.39, 0.29) is 19.1 Å². The summed E-state index contributed by atoms with van der Waals surface area (Å²) in [4.78, 5) is 80.2. The van der Waals surface area contributed by atoms with Gasteiger partial charge in [0.25, 0.3) is 5.91 Å². The van der Waals surface area contributed by atoms with Crippen molar-refractivity contribution in [1.29, 1.82) is 0 Å². The maximum atomic E-state index is 13.5. The average molecular weight is 659 g/mol. The number of aryl methyl sites for hydroxylation is 1. The number of rotatable bonds is 11. The van der Waals surface area contributed by atoms with Gasteiger partial charge in [-0.3, -0.25) is 24.1 Å². The standard InChI is InChI=1S/C35H42N6O7/c1-20-6-3-4-9-27(20)37-34(47)36-24-12-10-21(11-13-24)17-40-18-30(43)41(35(40)48)19-29(42)39(2)28(16-31(44)45)33(46)38-32-23-8-5-7-22-14-26(32)25(22)15-23/h3-4,6,9-13,22-23,25-26,28,32H,5,7-8,14-19H2,1-2H3,(H,38,46)(H,44,45)(H2,36,37,47)/t22?,23?,25?,26?,28-,32?/m0/s1. The number of carboxylic acid groups (broad SMARTS) is 1. The number of anilines is 2. The smallest absolute Gasteiger partial charge is 0.328 e. The maximum Gasteiger partial charge on any atom is 0.328 e. The fourth-order valence-corrected chi connectivity index (χ4v) is 8.01. The predicted molar refractivity (Wildman–Crippen MR) is 176 cm³/mol. The van der Waals surface area contributed by atoms with Gasteiger partial charge in [0.15, 0.2) is 0 Å². The highest BCUT2D eigenvalue weighted by atomic mass is 16.4. The number of fused-ring (bicyclic) bond motifs is 1. The van der Waals surface area contributed by atoms with Crippen molar-refractivity contribution in [3.8, 4) is 0 Å². The minimum Gasteiger partial charge on any atom is -0.481 e. The van der Waals surface area contributed by atoms with Crippen molar-refractivity contribution in [2.24, 2.45) is 23.7 Å². The average Bonchev–Trinajstić information content (AvgIpc) is 3.36. The monoisotopic (exact) mass is 658 g/mol. The van der Waals surface area contributed by atoms with Gasteiger partial charge < -0.3 is 30.9 Å². The second-order valence-corrected chi connectivity index (χ2v) is 13.6. The highest BCUT2D eigenvalue weighted by Gasteiger charge is 2.55. The Balaban J connectivity index is 1.03. The Hall–Kier alpha value is -4.94. The van der Waals surface area contributed by atoms with Crippen molar-refractivity contribution >= 4 is 47.1 Å². The largest absolute Gasteiger partial charge is 0.481 e. The Morgan fingerprint density at radius 2 is 1.67 bits per heavy atom. The van der Waals surface area contributed by atoms with Crippen molar-refractivity contribution in [2.45, 2.75) is 64.1 Å². The van der Waals surface area contributed by atoms with Gasteiger partial charge in [0, 0.05) is 31.0 Å². The van der Waals surface area contributed by atoms with E-state index in [1.54, 1.807) is 30.3 Å². The van der Waals surface area contributed by atoms with Crippen LogP contribution < -0.4 is 16.0 Å².